The van der Waals surface area contributed by atoms with Crippen LogP contribution in [0.25, 0.3) is 5.69 Å². The van der Waals surface area contributed by atoms with Crippen LogP contribution in [0.3, 0.4) is 0 Å². The lowest BCUT2D eigenvalue weighted by atomic mass is 10.0. The second kappa shape index (κ2) is 6.64. The predicted octanol–water partition coefficient (Wildman–Crippen LogP) is 4.36. The number of benzene rings is 1. The Morgan fingerprint density at radius 1 is 1.09 bits per heavy atom. The van der Waals surface area contributed by atoms with E-state index in [1.807, 2.05) is 11.3 Å². The van der Waals surface area contributed by atoms with E-state index >= 15 is 0 Å². The summed E-state index contributed by atoms with van der Waals surface area (Å²) in [6.07, 6.45) is 3.26. The smallest absolute Gasteiger partial charge is 0.138 e. The zero-order chi connectivity index (χ0) is 16.4. The molecule has 0 radical (unpaired) electrons. The number of nitrogens with one attached hydrogen (secondary N) is 1. The fourth-order valence-electron chi connectivity index (χ4n) is 2.90. The molecule has 5 heteroatoms. The van der Waals surface area contributed by atoms with E-state index in [1.165, 1.54) is 20.9 Å². The molecule has 0 spiro atoms. The van der Waals surface area contributed by atoms with Gasteiger partial charge in [0.15, 0.2) is 0 Å². The Labute approximate surface area is 141 Å². The molecule has 4 nitrogen and oxygen atoms in total. The molecule has 0 aliphatic rings. The molecule has 2 atom stereocenters. The van der Waals surface area contributed by atoms with Crippen molar-refractivity contribution in [3.8, 4) is 5.69 Å². The monoisotopic (exact) mass is 326 g/mol. The SMILES string of the molecule is Cc1cc([C@@H](C)N[C@@H](C)c2ccc(-n3cncn3)cc2)c(C)s1. The Kier molecular flexibility index (Phi) is 4.59. The Hall–Kier alpha value is -1.98. The highest BCUT2D eigenvalue weighted by atomic mass is 32.1. The lowest BCUT2D eigenvalue weighted by molar-refractivity contribution is 0.494. The van der Waals surface area contributed by atoms with Gasteiger partial charge in [0.1, 0.15) is 12.7 Å². The van der Waals surface area contributed by atoms with Crippen molar-refractivity contribution in [1.82, 2.24) is 20.1 Å². The average molecular weight is 326 g/mol. The van der Waals surface area contributed by atoms with E-state index in [9.17, 15) is 0 Å². The van der Waals surface area contributed by atoms with Crippen LogP contribution in [0.2, 0.25) is 0 Å². The van der Waals surface area contributed by atoms with Gasteiger partial charge < -0.3 is 5.32 Å². The molecule has 120 valence electrons. The van der Waals surface area contributed by atoms with Gasteiger partial charge in [0.05, 0.1) is 5.69 Å². The van der Waals surface area contributed by atoms with E-state index in [0.29, 0.717) is 6.04 Å². The van der Waals surface area contributed by atoms with Crippen molar-refractivity contribution in [2.24, 2.45) is 0 Å². The maximum absolute atomic E-state index is 4.15. The highest BCUT2D eigenvalue weighted by Gasteiger charge is 2.14. The normalized spacial score (nSPS) is 13.9. The summed E-state index contributed by atoms with van der Waals surface area (Å²) in [6, 6.07) is 11.4. The van der Waals surface area contributed by atoms with Crippen molar-refractivity contribution in [3.63, 3.8) is 0 Å². The zero-order valence-corrected chi connectivity index (χ0v) is 14.8. The first-order valence-corrected chi connectivity index (χ1v) is 8.64. The van der Waals surface area contributed by atoms with Gasteiger partial charge in [-0.25, -0.2) is 9.67 Å². The van der Waals surface area contributed by atoms with Gasteiger partial charge >= 0.3 is 0 Å². The number of nitrogens with zero attached hydrogens (tertiary/aromatic N) is 3. The molecule has 23 heavy (non-hydrogen) atoms. The second-order valence-corrected chi connectivity index (χ2v) is 7.37. The Bertz CT molecular complexity index is 759. The van der Waals surface area contributed by atoms with Gasteiger partial charge in [0.25, 0.3) is 0 Å². The molecule has 0 aliphatic heterocycles. The van der Waals surface area contributed by atoms with E-state index < -0.39 is 0 Å². The van der Waals surface area contributed by atoms with E-state index in [4.69, 9.17) is 0 Å². The van der Waals surface area contributed by atoms with Gasteiger partial charge in [-0.15, -0.1) is 11.3 Å². The number of thiophene rings is 1. The summed E-state index contributed by atoms with van der Waals surface area (Å²) >= 11 is 1.87. The van der Waals surface area contributed by atoms with Gasteiger partial charge in [-0.2, -0.15) is 5.10 Å². The predicted molar refractivity (Wildman–Crippen MR) is 95.1 cm³/mol. The Morgan fingerprint density at radius 3 is 2.39 bits per heavy atom. The van der Waals surface area contributed by atoms with E-state index in [0.717, 1.165) is 5.69 Å². The summed E-state index contributed by atoms with van der Waals surface area (Å²) in [5, 5.41) is 7.84. The number of aromatic nitrogens is 3. The summed E-state index contributed by atoms with van der Waals surface area (Å²) in [5.41, 5.74) is 3.69. The number of aryl methyl sites for hydroxylation is 2. The van der Waals surface area contributed by atoms with Crippen LogP contribution >= 0.6 is 11.3 Å². The topological polar surface area (TPSA) is 42.7 Å². The van der Waals surface area contributed by atoms with Crippen LogP contribution in [0.4, 0.5) is 0 Å². The summed E-state index contributed by atoms with van der Waals surface area (Å²) in [6.45, 7) is 8.80. The molecule has 0 amide bonds. The lowest BCUT2D eigenvalue weighted by Crippen LogP contribution is -2.22. The van der Waals surface area contributed by atoms with Gasteiger partial charge in [-0.3, -0.25) is 0 Å². The quantitative estimate of drug-likeness (QED) is 0.757. The molecule has 0 fully saturated rings. The Balaban J connectivity index is 1.70. The molecule has 0 saturated heterocycles. The maximum atomic E-state index is 4.15. The zero-order valence-electron chi connectivity index (χ0n) is 13.9. The molecule has 0 unspecified atom stereocenters. The fourth-order valence-corrected chi connectivity index (χ4v) is 3.92. The number of hydrogen-bond donors (Lipinski definition) is 1. The minimum atomic E-state index is 0.286. The van der Waals surface area contributed by atoms with Gasteiger partial charge in [0, 0.05) is 21.8 Å². The Morgan fingerprint density at radius 2 is 1.83 bits per heavy atom. The average Bonchev–Trinajstić information content (AvgIpc) is 3.17. The molecule has 2 aromatic heterocycles. The van der Waals surface area contributed by atoms with Gasteiger partial charge in [-0.1, -0.05) is 12.1 Å². The van der Waals surface area contributed by atoms with Crippen molar-refractivity contribution in [2.75, 3.05) is 0 Å². The van der Waals surface area contributed by atoms with Crippen molar-refractivity contribution in [2.45, 2.75) is 39.8 Å². The summed E-state index contributed by atoms with van der Waals surface area (Å²) in [7, 11) is 0. The third-order valence-electron chi connectivity index (χ3n) is 4.12. The minimum absolute atomic E-state index is 0.286. The molecule has 3 aromatic rings. The van der Waals surface area contributed by atoms with E-state index in [-0.39, 0.29) is 6.04 Å². The molecule has 2 heterocycles. The molecule has 0 saturated carbocycles. The van der Waals surface area contributed by atoms with Crippen LogP contribution < -0.4 is 5.32 Å². The first kappa shape index (κ1) is 15.9. The third kappa shape index (κ3) is 3.51. The van der Waals surface area contributed by atoms with Crippen molar-refractivity contribution < 1.29 is 0 Å². The summed E-state index contributed by atoms with van der Waals surface area (Å²) < 4.78 is 1.77. The highest BCUT2D eigenvalue weighted by Crippen LogP contribution is 2.28. The lowest BCUT2D eigenvalue weighted by Gasteiger charge is -2.21. The van der Waals surface area contributed by atoms with Crippen LogP contribution in [0.15, 0.2) is 43.0 Å². The number of rotatable bonds is 5. The van der Waals surface area contributed by atoms with Crippen LogP contribution in [-0.4, -0.2) is 14.8 Å². The van der Waals surface area contributed by atoms with Crippen molar-refractivity contribution >= 4 is 11.3 Å². The highest BCUT2D eigenvalue weighted by molar-refractivity contribution is 7.12. The molecule has 3 rings (SSSR count). The standard InChI is InChI=1S/C18H22N4S/c1-12-9-18(15(4)23-12)14(3)21-13(2)16-5-7-17(8-6-16)22-11-19-10-20-22/h5-11,13-14,21H,1-4H3/t13-,14+/m0/s1. The molecule has 1 aromatic carbocycles. The molecular weight excluding hydrogens is 304 g/mol. The van der Waals surface area contributed by atoms with Crippen LogP contribution in [-0.2, 0) is 0 Å². The minimum Gasteiger partial charge on any atom is -0.304 e. The van der Waals surface area contributed by atoms with Crippen molar-refractivity contribution in [1.29, 1.82) is 0 Å². The van der Waals surface area contributed by atoms with Crippen molar-refractivity contribution in [3.05, 3.63) is 63.9 Å². The molecule has 0 aliphatic carbocycles. The molecule has 1 N–H and O–H groups in total. The van der Waals surface area contributed by atoms with E-state index in [2.05, 4.69) is 73.4 Å². The second-order valence-electron chi connectivity index (χ2n) is 5.91. The first-order chi connectivity index (χ1) is 11.0. The molecule has 0 bridgehead atoms. The van der Waals surface area contributed by atoms with E-state index in [1.54, 1.807) is 17.3 Å². The third-order valence-corrected chi connectivity index (χ3v) is 5.10. The fraction of sp³-hybridized carbons (Fsp3) is 0.333. The van der Waals surface area contributed by atoms with Gasteiger partial charge in [0.2, 0.25) is 0 Å². The van der Waals surface area contributed by atoms with Crippen LogP contribution in [0.1, 0.15) is 46.8 Å². The maximum Gasteiger partial charge on any atom is 0.138 e. The largest absolute Gasteiger partial charge is 0.304 e. The summed E-state index contributed by atoms with van der Waals surface area (Å²) in [5.74, 6) is 0. The summed E-state index contributed by atoms with van der Waals surface area (Å²) in [4.78, 5) is 6.75. The van der Waals surface area contributed by atoms with Crippen LogP contribution in [0, 0.1) is 13.8 Å². The number of hydrogen-bond acceptors (Lipinski definition) is 4. The first-order valence-electron chi connectivity index (χ1n) is 7.82. The van der Waals surface area contributed by atoms with Crippen LogP contribution in [0.5, 0.6) is 0 Å². The van der Waals surface area contributed by atoms with Gasteiger partial charge in [-0.05, 0) is 57.0 Å². The molecular formula is C18H22N4S.